The lowest BCUT2D eigenvalue weighted by atomic mass is 10.1. The zero-order chi connectivity index (χ0) is 21.6. The number of methoxy groups -OCH3 is 1. The van der Waals surface area contributed by atoms with Crippen LogP contribution >= 0.6 is 0 Å². The third kappa shape index (κ3) is 4.28. The van der Waals surface area contributed by atoms with Crippen LogP contribution in [-0.2, 0) is 0 Å². The Morgan fingerprint density at radius 2 is 1.61 bits per heavy atom. The van der Waals surface area contributed by atoms with Crippen LogP contribution in [0.3, 0.4) is 0 Å². The van der Waals surface area contributed by atoms with Crippen LogP contribution in [0, 0.1) is 0 Å². The lowest BCUT2D eigenvalue weighted by Gasteiger charge is -2.12. The molecule has 1 heterocycles. The number of aromatic nitrogens is 2. The van der Waals surface area contributed by atoms with Crippen LogP contribution in [0.4, 0.5) is 5.69 Å². The SMILES string of the molecule is CCOc1ccccc1NC(=O)c1cn(-c2ccccc2)nc1-c1ccccc1OC. The topological polar surface area (TPSA) is 65.4 Å². The molecule has 1 amide bonds. The lowest BCUT2D eigenvalue weighted by molar-refractivity contribution is 0.102. The second-order valence-corrected chi connectivity index (χ2v) is 6.76. The second kappa shape index (κ2) is 9.17. The summed E-state index contributed by atoms with van der Waals surface area (Å²) in [6, 6.07) is 24.5. The average Bonchev–Trinajstić information content (AvgIpc) is 3.26. The van der Waals surface area contributed by atoms with Gasteiger partial charge in [-0.1, -0.05) is 42.5 Å². The van der Waals surface area contributed by atoms with E-state index >= 15 is 0 Å². The highest BCUT2D eigenvalue weighted by Gasteiger charge is 2.22. The van der Waals surface area contributed by atoms with Gasteiger partial charge in [0.2, 0.25) is 0 Å². The first kappa shape index (κ1) is 20.2. The minimum Gasteiger partial charge on any atom is -0.496 e. The van der Waals surface area contributed by atoms with E-state index in [1.807, 2.05) is 85.8 Å². The lowest BCUT2D eigenvalue weighted by Crippen LogP contribution is -2.13. The van der Waals surface area contributed by atoms with Crippen molar-refractivity contribution in [3.05, 3.63) is 90.6 Å². The molecule has 31 heavy (non-hydrogen) atoms. The summed E-state index contributed by atoms with van der Waals surface area (Å²) in [4.78, 5) is 13.3. The van der Waals surface area contributed by atoms with Gasteiger partial charge in [-0.2, -0.15) is 5.10 Å². The molecule has 1 aromatic heterocycles. The van der Waals surface area contributed by atoms with Crippen molar-refractivity contribution in [2.45, 2.75) is 6.92 Å². The molecule has 0 bridgehead atoms. The van der Waals surface area contributed by atoms with Crippen molar-refractivity contribution in [2.24, 2.45) is 0 Å². The van der Waals surface area contributed by atoms with Crippen LogP contribution in [0.25, 0.3) is 16.9 Å². The first-order chi connectivity index (χ1) is 15.2. The van der Waals surface area contributed by atoms with E-state index in [1.165, 1.54) is 0 Å². The molecule has 0 spiro atoms. The Morgan fingerprint density at radius 1 is 0.935 bits per heavy atom. The van der Waals surface area contributed by atoms with Crippen LogP contribution in [0.1, 0.15) is 17.3 Å². The smallest absolute Gasteiger partial charge is 0.259 e. The Morgan fingerprint density at radius 3 is 2.35 bits per heavy atom. The second-order valence-electron chi connectivity index (χ2n) is 6.76. The standard InChI is InChI=1S/C25H23N3O3/c1-3-31-23-16-10-8-14-21(23)26-25(29)20-17-28(18-11-5-4-6-12-18)27-24(20)19-13-7-9-15-22(19)30-2/h4-17H,3H2,1-2H3,(H,26,29). The van der Waals surface area contributed by atoms with Crippen molar-refractivity contribution >= 4 is 11.6 Å². The number of rotatable bonds is 7. The van der Waals surface area contributed by atoms with Gasteiger partial charge in [0, 0.05) is 11.8 Å². The van der Waals surface area contributed by atoms with E-state index in [-0.39, 0.29) is 5.91 Å². The molecular formula is C25H23N3O3. The summed E-state index contributed by atoms with van der Waals surface area (Å²) in [5, 5.41) is 7.69. The van der Waals surface area contributed by atoms with Gasteiger partial charge in [-0.3, -0.25) is 4.79 Å². The Kier molecular flexibility index (Phi) is 5.98. The number of hydrogen-bond donors (Lipinski definition) is 1. The summed E-state index contributed by atoms with van der Waals surface area (Å²) in [6.45, 7) is 2.41. The monoisotopic (exact) mass is 413 g/mol. The molecule has 0 radical (unpaired) electrons. The Balaban J connectivity index is 1.79. The predicted octanol–water partition coefficient (Wildman–Crippen LogP) is 5.20. The number of anilines is 1. The maximum atomic E-state index is 13.3. The van der Waals surface area contributed by atoms with Crippen LogP contribution in [-0.4, -0.2) is 29.4 Å². The Hall–Kier alpha value is -4.06. The van der Waals surface area contributed by atoms with Gasteiger partial charge in [0.1, 0.15) is 17.2 Å². The molecule has 0 aliphatic rings. The Bertz CT molecular complexity index is 1190. The minimum atomic E-state index is -0.282. The first-order valence-electron chi connectivity index (χ1n) is 10.0. The molecule has 0 atom stereocenters. The molecule has 4 aromatic rings. The van der Waals surface area contributed by atoms with Crippen molar-refractivity contribution in [3.63, 3.8) is 0 Å². The van der Waals surface area contributed by atoms with E-state index in [1.54, 1.807) is 18.0 Å². The number of benzene rings is 3. The molecule has 156 valence electrons. The van der Waals surface area contributed by atoms with Crippen LogP contribution < -0.4 is 14.8 Å². The number of nitrogens with zero attached hydrogens (tertiary/aromatic N) is 2. The van der Waals surface area contributed by atoms with Crippen molar-refractivity contribution in [1.29, 1.82) is 0 Å². The summed E-state index contributed by atoms with van der Waals surface area (Å²) in [6.07, 6.45) is 1.73. The van der Waals surface area contributed by atoms with Crippen LogP contribution in [0.2, 0.25) is 0 Å². The van der Waals surface area contributed by atoms with Crippen molar-refractivity contribution in [1.82, 2.24) is 9.78 Å². The van der Waals surface area contributed by atoms with E-state index in [2.05, 4.69) is 5.32 Å². The zero-order valence-corrected chi connectivity index (χ0v) is 17.4. The van der Waals surface area contributed by atoms with E-state index in [9.17, 15) is 4.79 Å². The molecule has 6 heteroatoms. The fourth-order valence-corrected chi connectivity index (χ4v) is 3.33. The van der Waals surface area contributed by atoms with Gasteiger partial charge < -0.3 is 14.8 Å². The minimum absolute atomic E-state index is 0.282. The summed E-state index contributed by atoms with van der Waals surface area (Å²) in [5.41, 5.74) is 3.16. The summed E-state index contributed by atoms with van der Waals surface area (Å²) in [5.74, 6) is 0.979. The summed E-state index contributed by atoms with van der Waals surface area (Å²) in [7, 11) is 1.60. The predicted molar refractivity (Wildman–Crippen MR) is 121 cm³/mol. The van der Waals surface area contributed by atoms with Crippen molar-refractivity contribution in [2.75, 3.05) is 19.0 Å². The molecule has 1 N–H and O–H groups in total. The number of hydrogen-bond acceptors (Lipinski definition) is 4. The van der Waals surface area contributed by atoms with Gasteiger partial charge in [-0.15, -0.1) is 0 Å². The van der Waals surface area contributed by atoms with E-state index < -0.39 is 0 Å². The highest BCUT2D eigenvalue weighted by Crippen LogP contribution is 2.33. The normalized spacial score (nSPS) is 10.5. The van der Waals surface area contributed by atoms with Crippen LogP contribution in [0.5, 0.6) is 11.5 Å². The number of ether oxygens (including phenoxy) is 2. The quantitative estimate of drug-likeness (QED) is 0.452. The molecule has 0 saturated heterocycles. The molecule has 0 unspecified atom stereocenters. The van der Waals surface area contributed by atoms with Crippen LogP contribution in [0.15, 0.2) is 85.1 Å². The number of carbonyl (C=O) groups is 1. The summed E-state index contributed by atoms with van der Waals surface area (Å²) >= 11 is 0. The average molecular weight is 413 g/mol. The van der Waals surface area contributed by atoms with Gasteiger partial charge in [0.25, 0.3) is 5.91 Å². The third-order valence-electron chi connectivity index (χ3n) is 4.78. The van der Waals surface area contributed by atoms with Gasteiger partial charge in [-0.25, -0.2) is 4.68 Å². The molecule has 3 aromatic carbocycles. The van der Waals surface area contributed by atoms with Gasteiger partial charge in [0.15, 0.2) is 0 Å². The maximum absolute atomic E-state index is 13.3. The van der Waals surface area contributed by atoms with E-state index in [0.717, 1.165) is 11.3 Å². The maximum Gasteiger partial charge on any atom is 0.259 e. The third-order valence-corrected chi connectivity index (χ3v) is 4.78. The molecular weight excluding hydrogens is 390 g/mol. The molecule has 6 nitrogen and oxygen atoms in total. The first-order valence-corrected chi connectivity index (χ1v) is 10.0. The number of para-hydroxylation sites is 4. The van der Waals surface area contributed by atoms with Gasteiger partial charge in [-0.05, 0) is 43.3 Å². The van der Waals surface area contributed by atoms with Crippen molar-refractivity contribution < 1.29 is 14.3 Å². The van der Waals surface area contributed by atoms with Crippen molar-refractivity contribution in [3.8, 4) is 28.4 Å². The highest BCUT2D eigenvalue weighted by molar-refractivity contribution is 6.09. The summed E-state index contributed by atoms with van der Waals surface area (Å²) < 4.78 is 12.9. The fourth-order valence-electron chi connectivity index (χ4n) is 3.33. The molecule has 4 rings (SSSR count). The molecule has 0 aliphatic heterocycles. The zero-order valence-electron chi connectivity index (χ0n) is 17.4. The van der Waals surface area contributed by atoms with Gasteiger partial charge in [0.05, 0.1) is 30.7 Å². The molecule has 0 fully saturated rings. The molecule has 0 saturated carbocycles. The van der Waals surface area contributed by atoms with E-state index in [4.69, 9.17) is 14.6 Å². The van der Waals surface area contributed by atoms with E-state index in [0.29, 0.717) is 35.1 Å². The van der Waals surface area contributed by atoms with Gasteiger partial charge >= 0.3 is 0 Å². The number of amides is 1. The molecule has 0 aliphatic carbocycles. The number of carbonyl (C=O) groups excluding carboxylic acids is 1. The largest absolute Gasteiger partial charge is 0.496 e. The number of nitrogens with one attached hydrogen (secondary N) is 1. The highest BCUT2D eigenvalue weighted by atomic mass is 16.5. The Labute approximate surface area is 181 Å². The fraction of sp³-hybridized carbons (Fsp3) is 0.120.